The summed E-state index contributed by atoms with van der Waals surface area (Å²) in [4.78, 5) is 38.3. The normalized spacial score (nSPS) is 15.4. The van der Waals surface area contributed by atoms with E-state index in [1.165, 1.54) is 11.8 Å². The van der Waals surface area contributed by atoms with Crippen molar-refractivity contribution in [3.63, 3.8) is 0 Å². The fraction of sp³-hybridized carbons (Fsp3) is 0.333. The minimum atomic E-state index is -0.137. The van der Waals surface area contributed by atoms with Gasteiger partial charge in [-0.1, -0.05) is 70.3 Å². The molecular weight excluding hydrogens is 565 g/mol. The summed E-state index contributed by atoms with van der Waals surface area (Å²) < 4.78 is 0. The van der Waals surface area contributed by atoms with E-state index in [2.05, 4.69) is 20.2 Å². The predicted molar refractivity (Wildman–Crippen MR) is 155 cm³/mol. The van der Waals surface area contributed by atoms with Gasteiger partial charge in [-0.2, -0.15) is 0 Å². The largest absolute Gasteiger partial charge is 0.355 e. The lowest BCUT2D eigenvalue weighted by Gasteiger charge is -2.40. The molecule has 1 aliphatic heterocycles. The molecule has 1 aliphatic rings. The van der Waals surface area contributed by atoms with Gasteiger partial charge < -0.3 is 15.1 Å². The van der Waals surface area contributed by atoms with E-state index in [0.717, 1.165) is 11.1 Å². The third kappa shape index (κ3) is 7.53. The van der Waals surface area contributed by atoms with Crippen molar-refractivity contribution >= 4 is 64.2 Å². The van der Waals surface area contributed by atoms with Gasteiger partial charge in [-0.05, 0) is 50.1 Å². The Balaban J connectivity index is 1.30. The molecule has 2 aromatic carbocycles. The summed E-state index contributed by atoms with van der Waals surface area (Å²) in [5.74, 6) is 0.726. The van der Waals surface area contributed by atoms with Crippen LogP contribution in [0.15, 0.2) is 53.7 Å². The number of carbonyl (C=O) groups excluding carboxylic acids is 2. The van der Waals surface area contributed by atoms with Crippen LogP contribution in [0.25, 0.3) is 0 Å². The van der Waals surface area contributed by atoms with Crippen LogP contribution in [-0.2, 0) is 11.2 Å². The number of rotatable bonds is 8. The van der Waals surface area contributed by atoms with Gasteiger partial charge in [0.2, 0.25) is 5.91 Å². The number of thioether (sulfide) groups is 1. The van der Waals surface area contributed by atoms with Crippen LogP contribution in [0, 0.1) is 6.92 Å². The number of hydrogen-bond donors (Lipinski definition) is 1. The number of nitrogens with one attached hydrogen (secondary N) is 1. The van der Waals surface area contributed by atoms with Crippen molar-refractivity contribution in [1.29, 1.82) is 0 Å². The molecule has 2 amide bonds. The molecule has 0 saturated carbocycles. The predicted octanol–water partition coefficient (Wildman–Crippen LogP) is 5.55. The van der Waals surface area contributed by atoms with Gasteiger partial charge in [0, 0.05) is 53.9 Å². The molecule has 0 spiro atoms. The molecule has 1 atom stereocenters. The number of carbonyl (C=O) groups is 2. The highest BCUT2D eigenvalue weighted by Gasteiger charge is 2.29. The second kappa shape index (κ2) is 13.0. The van der Waals surface area contributed by atoms with Crippen molar-refractivity contribution in [3.05, 3.63) is 80.4 Å². The van der Waals surface area contributed by atoms with Crippen LogP contribution in [0.3, 0.4) is 0 Å². The van der Waals surface area contributed by atoms with E-state index in [1.54, 1.807) is 18.2 Å². The fourth-order valence-corrected chi connectivity index (χ4v) is 5.60. The molecule has 38 heavy (non-hydrogen) atoms. The Labute approximate surface area is 241 Å². The summed E-state index contributed by atoms with van der Waals surface area (Å²) in [6.07, 6.45) is 0.598. The van der Waals surface area contributed by atoms with Gasteiger partial charge in [0.1, 0.15) is 11.0 Å². The first-order valence-corrected chi connectivity index (χ1v) is 14.3. The molecule has 1 N–H and O–H groups in total. The van der Waals surface area contributed by atoms with Crippen LogP contribution in [0.4, 0.5) is 5.82 Å². The first-order valence-electron chi connectivity index (χ1n) is 12.2. The zero-order chi connectivity index (χ0) is 27.2. The summed E-state index contributed by atoms with van der Waals surface area (Å²) in [7, 11) is 0. The number of halogens is 3. The quantitative estimate of drug-likeness (QED) is 0.210. The van der Waals surface area contributed by atoms with Crippen LogP contribution < -0.4 is 10.2 Å². The van der Waals surface area contributed by atoms with Crippen molar-refractivity contribution in [2.75, 3.05) is 36.8 Å². The van der Waals surface area contributed by atoms with Gasteiger partial charge >= 0.3 is 0 Å². The minimum Gasteiger partial charge on any atom is -0.355 e. The molecule has 0 aliphatic carbocycles. The lowest BCUT2D eigenvalue weighted by molar-refractivity contribution is -0.118. The molecular formula is C27H28Cl3N5O2S. The van der Waals surface area contributed by atoms with Crippen LogP contribution in [-0.4, -0.2) is 64.7 Å². The van der Waals surface area contributed by atoms with Gasteiger partial charge in [0.15, 0.2) is 5.16 Å². The number of hydrogen-bond acceptors (Lipinski definition) is 6. The van der Waals surface area contributed by atoms with Crippen molar-refractivity contribution in [2.24, 2.45) is 0 Å². The highest BCUT2D eigenvalue weighted by atomic mass is 35.5. The summed E-state index contributed by atoms with van der Waals surface area (Å²) in [6, 6.07) is 14.7. The zero-order valence-electron chi connectivity index (χ0n) is 21.1. The smallest absolute Gasteiger partial charge is 0.254 e. The molecule has 0 bridgehead atoms. The molecule has 1 fully saturated rings. The Hall–Kier alpha value is -2.52. The van der Waals surface area contributed by atoms with E-state index in [4.69, 9.17) is 34.8 Å². The van der Waals surface area contributed by atoms with E-state index in [1.807, 2.05) is 49.1 Å². The summed E-state index contributed by atoms with van der Waals surface area (Å²) >= 11 is 19.6. The summed E-state index contributed by atoms with van der Waals surface area (Å²) in [5.41, 5.74) is 2.73. The first-order chi connectivity index (χ1) is 18.2. The highest BCUT2D eigenvalue weighted by molar-refractivity contribution is 7.99. The Kier molecular flexibility index (Phi) is 9.76. The Bertz CT molecular complexity index is 1310. The molecule has 1 aromatic heterocycles. The Morgan fingerprint density at radius 3 is 2.53 bits per heavy atom. The zero-order valence-corrected chi connectivity index (χ0v) is 24.2. The summed E-state index contributed by atoms with van der Waals surface area (Å²) in [5, 5.41) is 4.77. The first kappa shape index (κ1) is 28.5. The van der Waals surface area contributed by atoms with Crippen LogP contribution in [0.1, 0.15) is 28.4 Å². The number of anilines is 1. The van der Waals surface area contributed by atoms with Crippen LogP contribution in [0.5, 0.6) is 0 Å². The van der Waals surface area contributed by atoms with Gasteiger partial charge in [-0.3, -0.25) is 9.59 Å². The third-order valence-corrected chi connectivity index (χ3v) is 7.86. The average Bonchev–Trinajstić information content (AvgIpc) is 2.88. The molecule has 4 rings (SSSR count). The number of amides is 2. The molecule has 1 saturated heterocycles. The van der Waals surface area contributed by atoms with Crippen LogP contribution in [0.2, 0.25) is 15.2 Å². The fourth-order valence-electron chi connectivity index (χ4n) is 4.18. The number of aryl methyl sites for hydroxylation is 1. The Morgan fingerprint density at radius 2 is 1.82 bits per heavy atom. The van der Waals surface area contributed by atoms with Gasteiger partial charge in [0.05, 0.1) is 5.75 Å². The van der Waals surface area contributed by atoms with Crippen molar-refractivity contribution in [3.8, 4) is 0 Å². The number of nitrogens with zero attached hydrogens (tertiary/aromatic N) is 4. The van der Waals surface area contributed by atoms with E-state index in [0.29, 0.717) is 64.3 Å². The second-order valence-electron chi connectivity index (χ2n) is 9.12. The molecule has 11 heteroatoms. The Morgan fingerprint density at radius 1 is 1.05 bits per heavy atom. The van der Waals surface area contributed by atoms with E-state index in [-0.39, 0.29) is 23.6 Å². The van der Waals surface area contributed by atoms with Crippen LogP contribution >= 0.6 is 46.6 Å². The maximum Gasteiger partial charge on any atom is 0.254 e. The lowest BCUT2D eigenvalue weighted by atomic mass is 10.1. The maximum absolute atomic E-state index is 13.0. The molecule has 2 heterocycles. The molecule has 200 valence electrons. The second-order valence-corrected chi connectivity index (χ2v) is 11.3. The maximum atomic E-state index is 13.0. The molecule has 7 nitrogen and oxygen atoms in total. The lowest BCUT2D eigenvalue weighted by Crippen LogP contribution is -2.54. The van der Waals surface area contributed by atoms with E-state index < -0.39 is 0 Å². The van der Waals surface area contributed by atoms with Crippen molar-refractivity contribution in [1.82, 2.24) is 20.2 Å². The van der Waals surface area contributed by atoms with Gasteiger partial charge in [0.25, 0.3) is 5.91 Å². The summed E-state index contributed by atoms with van der Waals surface area (Å²) in [6.45, 7) is 6.28. The molecule has 0 radical (unpaired) electrons. The third-order valence-electron chi connectivity index (χ3n) is 6.24. The van der Waals surface area contributed by atoms with Gasteiger partial charge in [-0.25, -0.2) is 9.97 Å². The number of piperazine rings is 1. The SMILES string of the molecule is Cc1ccc(C(=O)N2CCN(c3cc(Cl)nc(SCC(=O)NCCc4ccc(Cl)cc4Cl)n3)C[C@@H]2C)cc1. The number of aromatic nitrogens is 2. The molecule has 0 unspecified atom stereocenters. The standard InChI is InChI=1S/C27H28Cl3N5O2S/c1-17-3-5-20(6-4-17)26(37)35-12-11-34(15-18(35)2)24-14-23(30)32-27(33-24)38-16-25(36)31-10-9-19-7-8-21(28)13-22(19)29/h3-8,13-14,18H,9-12,15-16H2,1-2H3,(H,31,36)/t18-/m0/s1. The minimum absolute atomic E-state index is 0.0117. The highest BCUT2D eigenvalue weighted by Crippen LogP contribution is 2.25. The molecule has 3 aromatic rings. The average molecular weight is 593 g/mol. The van der Waals surface area contributed by atoms with Crippen molar-refractivity contribution in [2.45, 2.75) is 31.5 Å². The van der Waals surface area contributed by atoms with Crippen molar-refractivity contribution < 1.29 is 9.59 Å². The van der Waals surface area contributed by atoms with E-state index >= 15 is 0 Å². The topological polar surface area (TPSA) is 78.4 Å². The monoisotopic (exact) mass is 591 g/mol. The van der Waals surface area contributed by atoms with E-state index in [9.17, 15) is 9.59 Å². The van der Waals surface area contributed by atoms with Gasteiger partial charge in [-0.15, -0.1) is 0 Å². The number of benzene rings is 2.